The van der Waals surface area contributed by atoms with Gasteiger partial charge in [0, 0.05) is 25.1 Å². The topological polar surface area (TPSA) is 62.7 Å². The summed E-state index contributed by atoms with van der Waals surface area (Å²) in [7, 11) is 3.08. The largest absolute Gasteiger partial charge is 0.503 e. The summed E-state index contributed by atoms with van der Waals surface area (Å²) in [6.07, 6.45) is -0.143. The van der Waals surface area contributed by atoms with E-state index in [1.165, 1.54) is 23.3 Å². The lowest BCUT2D eigenvalue weighted by molar-refractivity contribution is 0.0782. The molecule has 2 rings (SSSR count). The van der Waals surface area contributed by atoms with Crippen LogP contribution in [0.5, 0.6) is 5.75 Å². The Bertz CT molecular complexity index is 697. The van der Waals surface area contributed by atoms with Gasteiger partial charge in [-0.15, -0.1) is 11.3 Å². The zero-order valence-corrected chi connectivity index (χ0v) is 13.7. The molecular weight excluding hydrogens is 326 g/mol. The molecular formula is C15H16F2N2O3S. The van der Waals surface area contributed by atoms with Crippen molar-refractivity contribution in [3.63, 3.8) is 0 Å². The first-order valence-corrected chi connectivity index (χ1v) is 7.62. The lowest BCUT2D eigenvalue weighted by atomic mass is 10.1. The lowest BCUT2D eigenvalue weighted by Gasteiger charge is -2.16. The van der Waals surface area contributed by atoms with Crippen molar-refractivity contribution in [3.8, 4) is 5.75 Å². The number of amides is 1. The molecule has 0 aliphatic rings. The third-order valence-corrected chi connectivity index (χ3v) is 4.34. The molecule has 0 saturated heterocycles. The van der Waals surface area contributed by atoms with Crippen LogP contribution in [0.2, 0.25) is 0 Å². The number of hydrogen-bond acceptors (Lipinski definition) is 5. The Morgan fingerprint density at radius 3 is 2.61 bits per heavy atom. The lowest BCUT2D eigenvalue weighted by Crippen LogP contribution is -2.26. The molecule has 2 aromatic rings. The number of ether oxygens (including phenoxy) is 1. The molecule has 0 aliphatic carbocycles. The van der Waals surface area contributed by atoms with E-state index in [2.05, 4.69) is 4.98 Å². The van der Waals surface area contributed by atoms with Gasteiger partial charge in [-0.1, -0.05) is 0 Å². The number of methoxy groups -OCH3 is 1. The van der Waals surface area contributed by atoms with E-state index in [-0.39, 0.29) is 18.2 Å². The average molecular weight is 342 g/mol. The van der Waals surface area contributed by atoms with Crippen LogP contribution < -0.4 is 0 Å². The van der Waals surface area contributed by atoms with Crippen LogP contribution in [-0.4, -0.2) is 35.1 Å². The second-order valence-electron chi connectivity index (χ2n) is 5.00. The molecule has 1 heterocycles. The SMILES string of the molecule is COC(C)c1nc(CN(C)C(=O)c2cc(F)c(O)c(F)c2)cs1. The molecule has 0 fully saturated rings. The fourth-order valence-corrected chi connectivity index (χ4v) is 2.75. The van der Waals surface area contributed by atoms with Gasteiger partial charge in [0.2, 0.25) is 0 Å². The van der Waals surface area contributed by atoms with Gasteiger partial charge in [-0.25, -0.2) is 13.8 Å². The molecule has 1 unspecified atom stereocenters. The van der Waals surface area contributed by atoms with Gasteiger partial charge in [-0.05, 0) is 19.1 Å². The van der Waals surface area contributed by atoms with Crippen LogP contribution in [0.3, 0.4) is 0 Å². The van der Waals surface area contributed by atoms with E-state index in [0.717, 1.165) is 17.1 Å². The fourth-order valence-electron chi connectivity index (χ4n) is 1.91. The van der Waals surface area contributed by atoms with Crippen LogP contribution >= 0.6 is 11.3 Å². The van der Waals surface area contributed by atoms with E-state index in [1.807, 2.05) is 6.92 Å². The maximum atomic E-state index is 13.3. The smallest absolute Gasteiger partial charge is 0.254 e. The van der Waals surface area contributed by atoms with Crippen molar-refractivity contribution in [3.05, 3.63) is 45.4 Å². The number of aromatic hydroxyl groups is 1. The molecule has 0 radical (unpaired) electrons. The van der Waals surface area contributed by atoms with Gasteiger partial charge in [-0.3, -0.25) is 4.79 Å². The van der Waals surface area contributed by atoms with Crippen molar-refractivity contribution in [1.82, 2.24) is 9.88 Å². The first kappa shape index (κ1) is 17.3. The van der Waals surface area contributed by atoms with Gasteiger partial charge in [0.25, 0.3) is 5.91 Å². The summed E-state index contributed by atoms with van der Waals surface area (Å²) in [6.45, 7) is 2.05. The number of thiazole rings is 1. The molecule has 1 N–H and O–H groups in total. The van der Waals surface area contributed by atoms with Crippen LogP contribution in [0.25, 0.3) is 0 Å². The van der Waals surface area contributed by atoms with Gasteiger partial charge in [0.1, 0.15) is 11.1 Å². The van der Waals surface area contributed by atoms with Crippen LogP contribution in [0.4, 0.5) is 8.78 Å². The molecule has 1 aromatic carbocycles. The molecule has 5 nitrogen and oxygen atoms in total. The van der Waals surface area contributed by atoms with Crippen molar-refractivity contribution < 1.29 is 23.4 Å². The Kier molecular flexibility index (Phi) is 5.27. The number of benzene rings is 1. The van der Waals surface area contributed by atoms with Crippen LogP contribution in [-0.2, 0) is 11.3 Å². The zero-order chi connectivity index (χ0) is 17.1. The van der Waals surface area contributed by atoms with Gasteiger partial charge < -0.3 is 14.7 Å². The number of rotatable bonds is 5. The highest BCUT2D eigenvalue weighted by molar-refractivity contribution is 7.09. The number of phenols is 1. The van der Waals surface area contributed by atoms with Crippen molar-refractivity contribution in [2.75, 3.05) is 14.2 Å². The van der Waals surface area contributed by atoms with Crippen molar-refractivity contribution in [1.29, 1.82) is 0 Å². The van der Waals surface area contributed by atoms with E-state index in [0.29, 0.717) is 5.69 Å². The molecule has 0 bridgehead atoms. The monoisotopic (exact) mass is 342 g/mol. The summed E-state index contributed by atoms with van der Waals surface area (Å²) in [5, 5.41) is 11.6. The molecule has 8 heteroatoms. The molecule has 0 spiro atoms. The van der Waals surface area contributed by atoms with Crippen molar-refractivity contribution in [2.24, 2.45) is 0 Å². The second kappa shape index (κ2) is 7.01. The number of aromatic nitrogens is 1. The maximum Gasteiger partial charge on any atom is 0.254 e. The fraction of sp³-hybridized carbons (Fsp3) is 0.333. The molecule has 0 aliphatic heterocycles. The van der Waals surface area contributed by atoms with Crippen molar-refractivity contribution >= 4 is 17.2 Å². The standard InChI is InChI=1S/C15H16F2N2O3S/c1-8(22-3)14-18-10(7-23-14)6-19(2)15(21)9-4-11(16)13(20)12(17)5-9/h4-5,7-8,20H,6H2,1-3H3. The van der Waals surface area contributed by atoms with Crippen LogP contribution in [0, 0.1) is 11.6 Å². The first-order valence-electron chi connectivity index (χ1n) is 6.74. The number of hydrogen-bond donors (Lipinski definition) is 1. The summed E-state index contributed by atoms with van der Waals surface area (Å²) < 4.78 is 31.8. The van der Waals surface area contributed by atoms with Crippen molar-refractivity contribution in [2.45, 2.75) is 19.6 Å². The maximum absolute atomic E-state index is 13.3. The Hall–Kier alpha value is -2.06. The highest BCUT2D eigenvalue weighted by atomic mass is 32.1. The minimum Gasteiger partial charge on any atom is -0.503 e. The molecule has 0 saturated carbocycles. The van der Waals surface area contributed by atoms with E-state index >= 15 is 0 Å². The Balaban J connectivity index is 2.12. The normalized spacial score (nSPS) is 12.2. The van der Waals surface area contributed by atoms with Gasteiger partial charge in [0.15, 0.2) is 17.4 Å². The third kappa shape index (κ3) is 3.83. The number of carbonyl (C=O) groups excluding carboxylic acids is 1. The summed E-state index contributed by atoms with van der Waals surface area (Å²) in [6, 6.07) is 1.60. The first-order chi connectivity index (χ1) is 10.8. The van der Waals surface area contributed by atoms with E-state index in [9.17, 15) is 13.6 Å². The summed E-state index contributed by atoms with van der Waals surface area (Å²) in [5.41, 5.74) is 0.477. The quantitative estimate of drug-likeness (QED) is 0.907. The number of nitrogens with zero attached hydrogens (tertiary/aromatic N) is 2. The van der Waals surface area contributed by atoms with E-state index in [4.69, 9.17) is 9.84 Å². The average Bonchev–Trinajstić information content (AvgIpc) is 2.98. The third-order valence-electron chi connectivity index (χ3n) is 3.28. The van der Waals surface area contributed by atoms with Gasteiger partial charge in [0.05, 0.1) is 12.2 Å². The predicted octanol–water partition coefficient (Wildman–Crippen LogP) is 3.11. The number of phenolic OH excluding ortho intramolecular Hbond substituents is 1. The van der Waals surface area contributed by atoms with Crippen LogP contribution in [0.15, 0.2) is 17.5 Å². The molecule has 124 valence electrons. The minimum atomic E-state index is -1.17. The van der Waals surface area contributed by atoms with Crippen LogP contribution in [0.1, 0.15) is 34.1 Å². The summed E-state index contributed by atoms with van der Waals surface area (Å²) >= 11 is 1.41. The Labute approximate surface area is 136 Å². The van der Waals surface area contributed by atoms with Gasteiger partial charge in [-0.2, -0.15) is 0 Å². The van der Waals surface area contributed by atoms with E-state index in [1.54, 1.807) is 12.5 Å². The number of halogens is 2. The molecule has 1 amide bonds. The highest BCUT2D eigenvalue weighted by Crippen LogP contribution is 2.23. The minimum absolute atomic E-state index is 0.143. The van der Waals surface area contributed by atoms with Gasteiger partial charge >= 0.3 is 0 Å². The molecule has 1 atom stereocenters. The Morgan fingerprint density at radius 2 is 2.04 bits per heavy atom. The second-order valence-corrected chi connectivity index (χ2v) is 5.89. The summed E-state index contributed by atoms with van der Waals surface area (Å²) in [4.78, 5) is 17.9. The van der Waals surface area contributed by atoms with E-state index < -0.39 is 23.3 Å². The zero-order valence-electron chi connectivity index (χ0n) is 12.8. The molecule has 1 aromatic heterocycles. The summed E-state index contributed by atoms with van der Waals surface area (Å²) in [5.74, 6) is -4.02. The predicted molar refractivity (Wildman–Crippen MR) is 81.4 cm³/mol. The molecule has 23 heavy (non-hydrogen) atoms. The number of carbonyl (C=O) groups is 1. The Morgan fingerprint density at radius 1 is 1.43 bits per heavy atom. The highest BCUT2D eigenvalue weighted by Gasteiger charge is 2.19.